The zero-order chi connectivity index (χ0) is 13.8. The van der Waals surface area contributed by atoms with Crippen LogP contribution in [0, 0.1) is 11.8 Å². The van der Waals surface area contributed by atoms with Crippen LogP contribution in [0.2, 0.25) is 0 Å². The van der Waals surface area contributed by atoms with Gasteiger partial charge in [0.1, 0.15) is 5.78 Å². The lowest BCUT2D eigenvalue weighted by Crippen LogP contribution is -2.45. The Morgan fingerprint density at radius 3 is 2.47 bits per heavy atom. The van der Waals surface area contributed by atoms with Crippen LogP contribution < -0.4 is 0 Å². The first-order valence-corrected chi connectivity index (χ1v) is 8.01. The van der Waals surface area contributed by atoms with Crippen molar-refractivity contribution in [1.29, 1.82) is 0 Å². The smallest absolute Gasteiger partial charge is 0.137 e. The van der Waals surface area contributed by atoms with E-state index in [1.807, 2.05) is 0 Å². The highest BCUT2D eigenvalue weighted by atomic mass is 16.1. The molecule has 19 heavy (non-hydrogen) atoms. The normalized spacial score (nSPS) is 31.1. The molecule has 0 spiro atoms. The van der Waals surface area contributed by atoms with Gasteiger partial charge >= 0.3 is 0 Å². The van der Waals surface area contributed by atoms with Gasteiger partial charge in [-0.1, -0.05) is 13.3 Å². The van der Waals surface area contributed by atoms with Crippen LogP contribution in [0.3, 0.4) is 0 Å². The average Bonchev–Trinajstić information content (AvgIpc) is 2.42. The number of nitrogens with zero attached hydrogens (tertiary/aromatic N) is 2. The molecule has 0 amide bonds. The lowest BCUT2D eigenvalue weighted by molar-refractivity contribution is -0.126. The van der Waals surface area contributed by atoms with E-state index in [-0.39, 0.29) is 0 Å². The molecule has 0 aromatic heterocycles. The fourth-order valence-electron chi connectivity index (χ4n) is 3.68. The maximum atomic E-state index is 12.1. The number of Topliss-reactive ketones (excluding diaryl/α,β-unsaturated/α-hetero) is 1. The van der Waals surface area contributed by atoms with Gasteiger partial charge in [-0.15, -0.1) is 0 Å². The van der Waals surface area contributed by atoms with Crippen molar-refractivity contribution in [2.75, 3.05) is 33.7 Å². The summed E-state index contributed by atoms with van der Waals surface area (Å²) >= 11 is 0. The maximum Gasteiger partial charge on any atom is 0.137 e. The first kappa shape index (κ1) is 15.0. The van der Waals surface area contributed by atoms with Gasteiger partial charge < -0.3 is 9.80 Å². The predicted molar refractivity (Wildman–Crippen MR) is 79.3 cm³/mol. The number of likely N-dealkylation sites (tertiary alicyclic amines) is 1. The summed E-state index contributed by atoms with van der Waals surface area (Å²) in [7, 11) is 4.35. The van der Waals surface area contributed by atoms with Crippen LogP contribution in [-0.4, -0.2) is 55.4 Å². The minimum absolute atomic E-state index is 0.328. The van der Waals surface area contributed by atoms with Gasteiger partial charge in [-0.3, -0.25) is 4.79 Å². The molecule has 0 bridgehead atoms. The minimum Gasteiger partial charge on any atom is -0.306 e. The Hall–Kier alpha value is -0.410. The molecule has 2 unspecified atom stereocenters. The zero-order valence-electron chi connectivity index (χ0n) is 12.9. The van der Waals surface area contributed by atoms with Crippen molar-refractivity contribution in [3.8, 4) is 0 Å². The second kappa shape index (κ2) is 6.85. The van der Waals surface area contributed by atoms with Gasteiger partial charge in [-0.05, 0) is 58.8 Å². The summed E-state index contributed by atoms with van der Waals surface area (Å²) in [6.07, 6.45) is 6.86. The molecule has 1 saturated carbocycles. The third-order valence-corrected chi connectivity index (χ3v) is 5.22. The van der Waals surface area contributed by atoms with Gasteiger partial charge in [0.2, 0.25) is 0 Å². The largest absolute Gasteiger partial charge is 0.306 e. The molecule has 2 aliphatic rings. The van der Waals surface area contributed by atoms with E-state index >= 15 is 0 Å². The highest BCUT2D eigenvalue weighted by Crippen LogP contribution is 2.29. The van der Waals surface area contributed by atoms with Gasteiger partial charge in [0.25, 0.3) is 0 Å². The topological polar surface area (TPSA) is 23.6 Å². The number of hydrogen-bond donors (Lipinski definition) is 0. The lowest BCUT2D eigenvalue weighted by atomic mass is 9.79. The summed E-state index contributed by atoms with van der Waals surface area (Å²) in [5.74, 6) is 1.65. The van der Waals surface area contributed by atoms with Crippen molar-refractivity contribution in [3.05, 3.63) is 0 Å². The molecule has 3 heteroatoms. The average molecular weight is 266 g/mol. The molecule has 2 fully saturated rings. The Labute approximate surface area is 118 Å². The molecular formula is C16H30N2O. The first-order chi connectivity index (χ1) is 9.10. The van der Waals surface area contributed by atoms with Crippen molar-refractivity contribution in [2.45, 2.75) is 51.5 Å². The maximum absolute atomic E-state index is 12.1. The van der Waals surface area contributed by atoms with Crippen molar-refractivity contribution in [2.24, 2.45) is 11.8 Å². The summed E-state index contributed by atoms with van der Waals surface area (Å²) in [5, 5.41) is 0. The minimum atomic E-state index is 0.328. The number of carbonyl (C=O) groups excluding carboxylic acids is 1. The summed E-state index contributed by atoms with van der Waals surface area (Å²) in [4.78, 5) is 16.9. The van der Waals surface area contributed by atoms with Crippen molar-refractivity contribution in [1.82, 2.24) is 9.80 Å². The Balaban J connectivity index is 1.79. The summed E-state index contributed by atoms with van der Waals surface area (Å²) in [6.45, 7) is 5.63. The zero-order valence-corrected chi connectivity index (χ0v) is 12.9. The fraction of sp³-hybridized carbons (Fsp3) is 0.938. The van der Waals surface area contributed by atoms with Gasteiger partial charge in [0.15, 0.2) is 0 Å². The van der Waals surface area contributed by atoms with Crippen LogP contribution in [0.4, 0.5) is 0 Å². The number of rotatable bonds is 4. The molecule has 1 aliphatic heterocycles. The molecule has 0 aromatic rings. The van der Waals surface area contributed by atoms with Gasteiger partial charge in [-0.25, -0.2) is 0 Å². The highest BCUT2D eigenvalue weighted by Gasteiger charge is 2.30. The molecular weight excluding hydrogens is 236 g/mol. The van der Waals surface area contributed by atoms with E-state index in [4.69, 9.17) is 0 Å². The number of piperidine rings is 1. The summed E-state index contributed by atoms with van der Waals surface area (Å²) in [6, 6.07) is 0.738. The van der Waals surface area contributed by atoms with E-state index in [2.05, 4.69) is 30.8 Å². The molecule has 3 nitrogen and oxygen atoms in total. The molecule has 1 saturated heterocycles. The van der Waals surface area contributed by atoms with E-state index < -0.39 is 0 Å². The Bertz CT molecular complexity index is 295. The quantitative estimate of drug-likeness (QED) is 0.781. The van der Waals surface area contributed by atoms with Gasteiger partial charge in [0.05, 0.1) is 0 Å². The molecule has 0 radical (unpaired) electrons. The van der Waals surface area contributed by atoms with Crippen LogP contribution in [0.25, 0.3) is 0 Å². The van der Waals surface area contributed by atoms with E-state index in [0.29, 0.717) is 11.7 Å². The number of hydrogen-bond acceptors (Lipinski definition) is 3. The van der Waals surface area contributed by atoms with E-state index in [1.54, 1.807) is 0 Å². The second-order valence-electron chi connectivity index (χ2n) is 6.71. The third kappa shape index (κ3) is 4.03. The van der Waals surface area contributed by atoms with Gasteiger partial charge in [0, 0.05) is 24.9 Å². The third-order valence-electron chi connectivity index (χ3n) is 5.22. The Morgan fingerprint density at radius 2 is 1.89 bits per heavy atom. The standard InChI is InChI=1S/C16H30N2O/c1-4-13-5-6-16(19)14(11-13)12-18-9-7-15(8-10-18)17(2)3/h13-15H,4-12H2,1-3H3. The molecule has 0 N–H and O–H groups in total. The first-order valence-electron chi connectivity index (χ1n) is 8.01. The molecule has 0 aromatic carbocycles. The van der Waals surface area contributed by atoms with Gasteiger partial charge in [-0.2, -0.15) is 0 Å². The van der Waals surface area contributed by atoms with Crippen LogP contribution in [0.1, 0.15) is 45.4 Å². The molecule has 110 valence electrons. The Kier molecular flexibility index (Phi) is 5.40. The van der Waals surface area contributed by atoms with E-state index in [1.165, 1.54) is 32.4 Å². The number of ketones is 1. The highest BCUT2D eigenvalue weighted by molar-refractivity contribution is 5.81. The van der Waals surface area contributed by atoms with Crippen molar-refractivity contribution in [3.63, 3.8) is 0 Å². The molecule has 1 aliphatic carbocycles. The fourth-order valence-corrected chi connectivity index (χ4v) is 3.68. The molecule has 2 rings (SSSR count). The monoisotopic (exact) mass is 266 g/mol. The van der Waals surface area contributed by atoms with E-state index in [0.717, 1.165) is 37.8 Å². The SMILES string of the molecule is CCC1CCC(=O)C(CN2CCC(N(C)C)CC2)C1. The molecule has 1 heterocycles. The van der Waals surface area contributed by atoms with Crippen LogP contribution in [-0.2, 0) is 4.79 Å². The van der Waals surface area contributed by atoms with Crippen molar-refractivity contribution < 1.29 is 4.79 Å². The Morgan fingerprint density at radius 1 is 1.21 bits per heavy atom. The van der Waals surface area contributed by atoms with Crippen LogP contribution in [0.15, 0.2) is 0 Å². The summed E-state index contributed by atoms with van der Waals surface area (Å²) in [5.41, 5.74) is 0. The predicted octanol–water partition coefficient (Wildman–Crippen LogP) is 2.41. The van der Waals surface area contributed by atoms with Crippen LogP contribution >= 0.6 is 0 Å². The van der Waals surface area contributed by atoms with E-state index in [9.17, 15) is 4.79 Å². The van der Waals surface area contributed by atoms with Crippen LogP contribution in [0.5, 0.6) is 0 Å². The summed E-state index contributed by atoms with van der Waals surface area (Å²) < 4.78 is 0. The van der Waals surface area contributed by atoms with Crippen molar-refractivity contribution >= 4 is 5.78 Å². The lowest BCUT2D eigenvalue weighted by Gasteiger charge is -2.38. The second-order valence-corrected chi connectivity index (χ2v) is 6.71. The number of carbonyl (C=O) groups is 1. The molecule has 2 atom stereocenters.